The van der Waals surface area contributed by atoms with E-state index in [-0.39, 0.29) is 24.0 Å². The van der Waals surface area contributed by atoms with Gasteiger partial charge < -0.3 is 24.0 Å². The van der Waals surface area contributed by atoms with Crippen molar-refractivity contribution in [1.82, 2.24) is 24.5 Å². The van der Waals surface area contributed by atoms with Gasteiger partial charge in [-0.15, -0.1) is 0 Å². The average Bonchev–Trinajstić information content (AvgIpc) is 3.67. The van der Waals surface area contributed by atoms with Crippen LogP contribution in [-0.2, 0) is 14.2 Å². The molecule has 3 unspecified atom stereocenters. The lowest BCUT2D eigenvalue weighted by Gasteiger charge is -2.38. The molecule has 4 aliphatic rings. The Morgan fingerprint density at radius 2 is 1.89 bits per heavy atom. The Bertz CT molecular complexity index is 1350. The van der Waals surface area contributed by atoms with Crippen LogP contribution in [0.25, 0.3) is 16.9 Å². The first-order valence-electron chi connectivity index (χ1n) is 13.5. The Hall–Kier alpha value is -3.27. The predicted molar refractivity (Wildman–Crippen MR) is 136 cm³/mol. The first kappa shape index (κ1) is 23.8. The fourth-order valence-electron chi connectivity index (χ4n) is 6.32. The number of hydrogen-bond donors (Lipinski definition) is 0. The van der Waals surface area contributed by atoms with Gasteiger partial charge in [-0.3, -0.25) is 0 Å². The summed E-state index contributed by atoms with van der Waals surface area (Å²) in [5.41, 5.74) is 1.55. The summed E-state index contributed by atoms with van der Waals surface area (Å²) in [6.07, 6.45) is 6.90. The van der Waals surface area contributed by atoms with Gasteiger partial charge in [0.2, 0.25) is 0 Å². The van der Waals surface area contributed by atoms with E-state index in [0.29, 0.717) is 56.4 Å². The van der Waals surface area contributed by atoms with Crippen LogP contribution in [0.3, 0.4) is 0 Å². The van der Waals surface area contributed by atoms with Crippen LogP contribution in [0, 0.1) is 11.3 Å². The second kappa shape index (κ2) is 9.80. The number of halogens is 1. The van der Waals surface area contributed by atoms with Crippen LogP contribution in [-0.4, -0.2) is 88.9 Å². The molecular formula is C26H31FN8O3. The highest BCUT2D eigenvalue weighted by molar-refractivity contribution is 5.96. The lowest BCUT2D eigenvalue weighted by atomic mass is 10.1. The predicted octanol–water partition coefficient (Wildman–Crippen LogP) is 2.73. The summed E-state index contributed by atoms with van der Waals surface area (Å²) in [6.45, 7) is 2.78. The van der Waals surface area contributed by atoms with Crippen LogP contribution in [0.4, 0.5) is 15.9 Å². The van der Waals surface area contributed by atoms with Crippen molar-refractivity contribution in [2.45, 2.75) is 56.5 Å². The molecule has 0 saturated carbocycles. The number of alkyl halides is 1. The van der Waals surface area contributed by atoms with E-state index in [1.165, 1.54) is 0 Å². The first-order chi connectivity index (χ1) is 18.7. The molecule has 0 N–H and O–H groups in total. The van der Waals surface area contributed by atoms with Gasteiger partial charge in [-0.05, 0) is 32.1 Å². The molecule has 0 amide bonds. The maximum Gasteiger partial charge on any atom is 0.177 e. The van der Waals surface area contributed by atoms with E-state index in [0.717, 1.165) is 43.6 Å². The van der Waals surface area contributed by atoms with Crippen molar-refractivity contribution >= 4 is 22.5 Å². The molecule has 12 heteroatoms. The highest BCUT2D eigenvalue weighted by Crippen LogP contribution is 2.39. The molecule has 0 radical (unpaired) electrons. The molecule has 0 aliphatic carbocycles. The molecule has 0 aromatic carbocycles. The molecule has 4 fully saturated rings. The fraction of sp³-hybridized carbons (Fsp3) is 0.615. The minimum absolute atomic E-state index is 0.114. The van der Waals surface area contributed by atoms with E-state index in [2.05, 4.69) is 16.1 Å². The van der Waals surface area contributed by atoms with Gasteiger partial charge in [0.05, 0.1) is 55.6 Å². The normalized spacial score (nSPS) is 27.7. The standard InChI is InChI=1S/C26H31FN8O3/c27-12-19-16-36-10-8-32(19)21-11-23(34-17-4-5-18(34)15-37-14-17)29-26-25(21)20(13-28)30-35(26)22-6-7-33(31-22)24-3-1-2-9-38-24/h6-7,11,17-19,24H,1-5,8-10,12,14-16H2/t17?,18?,19-,24?/m1/s1. The largest absolute Gasteiger partial charge is 0.377 e. The third-order valence-corrected chi connectivity index (χ3v) is 8.19. The fourth-order valence-corrected chi connectivity index (χ4v) is 6.32. The van der Waals surface area contributed by atoms with Crippen LogP contribution in [0.1, 0.15) is 44.0 Å². The summed E-state index contributed by atoms with van der Waals surface area (Å²) in [6, 6.07) is 6.17. The number of aromatic nitrogens is 5. The first-order valence-corrected chi connectivity index (χ1v) is 13.5. The summed E-state index contributed by atoms with van der Waals surface area (Å²) in [5.74, 6) is 1.36. The van der Waals surface area contributed by atoms with Crippen LogP contribution < -0.4 is 9.80 Å². The van der Waals surface area contributed by atoms with Crippen molar-refractivity contribution in [1.29, 1.82) is 5.26 Å². The van der Waals surface area contributed by atoms with E-state index >= 15 is 0 Å². The van der Waals surface area contributed by atoms with Crippen molar-refractivity contribution < 1.29 is 18.6 Å². The number of fused-ring (bicyclic) bond motifs is 3. The van der Waals surface area contributed by atoms with E-state index in [4.69, 9.17) is 24.3 Å². The summed E-state index contributed by atoms with van der Waals surface area (Å²) in [4.78, 5) is 9.46. The molecule has 3 aromatic heterocycles. The second-order valence-corrected chi connectivity index (χ2v) is 10.5. The number of rotatable bonds is 5. The van der Waals surface area contributed by atoms with Gasteiger partial charge in [0.15, 0.2) is 17.2 Å². The zero-order valence-corrected chi connectivity index (χ0v) is 21.2. The van der Waals surface area contributed by atoms with Crippen molar-refractivity contribution in [3.8, 4) is 11.9 Å². The van der Waals surface area contributed by atoms with Crippen LogP contribution in [0.2, 0.25) is 0 Å². The van der Waals surface area contributed by atoms with E-state index in [1.807, 2.05) is 27.9 Å². The van der Waals surface area contributed by atoms with E-state index in [9.17, 15) is 9.65 Å². The number of anilines is 2. The lowest BCUT2D eigenvalue weighted by molar-refractivity contribution is -0.0395. The van der Waals surface area contributed by atoms with Crippen LogP contribution in [0.5, 0.6) is 0 Å². The molecule has 4 atom stereocenters. The maximum absolute atomic E-state index is 14.2. The molecule has 200 valence electrons. The number of nitriles is 1. The Morgan fingerprint density at radius 1 is 1.03 bits per heavy atom. The van der Waals surface area contributed by atoms with Crippen molar-refractivity contribution in [3.63, 3.8) is 0 Å². The lowest BCUT2D eigenvalue weighted by Crippen LogP contribution is -2.48. The zero-order valence-electron chi connectivity index (χ0n) is 21.2. The van der Waals surface area contributed by atoms with Gasteiger partial charge in [-0.2, -0.15) is 20.1 Å². The second-order valence-electron chi connectivity index (χ2n) is 10.5. The summed E-state index contributed by atoms with van der Waals surface area (Å²) >= 11 is 0. The van der Waals surface area contributed by atoms with Gasteiger partial charge in [0, 0.05) is 31.5 Å². The molecule has 7 heterocycles. The van der Waals surface area contributed by atoms with Gasteiger partial charge in [-0.1, -0.05) is 0 Å². The smallest absolute Gasteiger partial charge is 0.177 e. The van der Waals surface area contributed by atoms with Gasteiger partial charge >= 0.3 is 0 Å². The zero-order chi connectivity index (χ0) is 25.6. The van der Waals surface area contributed by atoms with Gasteiger partial charge in [0.1, 0.15) is 24.8 Å². The third kappa shape index (κ3) is 3.92. The number of nitrogens with zero attached hydrogens (tertiary/aromatic N) is 8. The molecule has 2 bridgehead atoms. The summed E-state index contributed by atoms with van der Waals surface area (Å²) in [5, 5.41) is 20.2. The van der Waals surface area contributed by atoms with Crippen LogP contribution >= 0.6 is 0 Å². The van der Waals surface area contributed by atoms with Gasteiger partial charge in [-0.25, -0.2) is 14.1 Å². The van der Waals surface area contributed by atoms with Crippen molar-refractivity contribution in [3.05, 3.63) is 24.0 Å². The number of hydrogen-bond acceptors (Lipinski definition) is 9. The third-order valence-electron chi connectivity index (χ3n) is 8.19. The Kier molecular flexibility index (Phi) is 6.14. The maximum atomic E-state index is 14.2. The SMILES string of the molecule is N#Cc1nn(-c2ccn(C3CCCCO3)n2)c2nc(N3C4CCC3COC4)cc(N3CCOC[C@H]3CF)c12. The molecular weight excluding hydrogens is 491 g/mol. The number of ether oxygens (including phenoxy) is 3. The molecule has 7 rings (SSSR count). The van der Waals surface area contributed by atoms with E-state index < -0.39 is 12.7 Å². The van der Waals surface area contributed by atoms with Crippen molar-refractivity contribution in [2.75, 3.05) is 56.1 Å². The topological polar surface area (TPSA) is 106 Å². The number of pyridine rings is 1. The minimum Gasteiger partial charge on any atom is -0.377 e. The summed E-state index contributed by atoms with van der Waals surface area (Å²) in [7, 11) is 0. The van der Waals surface area contributed by atoms with E-state index in [1.54, 1.807) is 4.68 Å². The molecule has 4 saturated heterocycles. The Morgan fingerprint density at radius 3 is 2.66 bits per heavy atom. The average molecular weight is 523 g/mol. The van der Waals surface area contributed by atoms with Crippen LogP contribution in [0.15, 0.2) is 18.3 Å². The highest BCUT2D eigenvalue weighted by atomic mass is 19.1. The molecule has 0 spiro atoms. The molecule has 4 aliphatic heterocycles. The Balaban J connectivity index is 1.40. The number of morpholine rings is 2. The molecule has 11 nitrogen and oxygen atoms in total. The summed E-state index contributed by atoms with van der Waals surface area (Å²) < 4.78 is 34.9. The minimum atomic E-state index is -0.552. The molecule has 38 heavy (non-hydrogen) atoms. The van der Waals surface area contributed by atoms with Gasteiger partial charge in [0.25, 0.3) is 0 Å². The Labute approximate surface area is 219 Å². The quantitative estimate of drug-likeness (QED) is 0.500. The molecule has 3 aromatic rings. The highest BCUT2D eigenvalue weighted by Gasteiger charge is 2.39. The van der Waals surface area contributed by atoms with Crippen molar-refractivity contribution in [2.24, 2.45) is 0 Å². The monoisotopic (exact) mass is 522 g/mol.